The first-order valence-corrected chi connectivity index (χ1v) is 9.80. The van der Waals surface area contributed by atoms with Gasteiger partial charge in [0.15, 0.2) is 5.82 Å². The number of hydrogen-bond donors (Lipinski definition) is 1. The molecule has 0 spiro atoms. The summed E-state index contributed by atoms with van der Waals surface area (Å²) >= 11 is 1.14. The van der Waals surface area contributed by atoms with E-state index in [1.165, 1.54) is 0 Å². The second-order valence-electron chi connectivity index (χ2n) is 6.90. The van der Waals surface area contributed by atoms with E-state index in [9.17, 15) is 4.79 Å². The van der Waals surface area contributed by atoms with Crippen LogP contribution in [0.1, 0.15) is 65.3 Å². The zero-order valence-electron chi connectivity index (χ0n) is 15.2. The number of hydrogen-bond acceptors (Lipinski definition) is 7. The van der Waals surface area contributed by atoms with Gasteiger partial charge in [-0.2, -0.15) is 0 Å². The third-order valence-corrected chi connectivity index (χ3v) is 5.41. The monoisotopic (exact) mass is 380 g/mol. The number of carbonyl (C=O) groups is 1. The largest absolute Gasteiger partial charge is 0.344 e. The van der Waals surface area contributed by atoms with Crippen molar-refractivity contribution in [3.63, 3.8) is 0 Å². The molecule has 1 amide bonds. The molecule has 138 valence electrons. The minimum absolute atomic E-state index is 0.0914. The molecular weight excluding hydrogens is 360 g/mol. The predicted octanol–water partition coefficient (Wildman–Crippen LogP) is 3.32. The lowest BCUT2D eigenvalue weighted by Gasteiger charge is -2.25. The summed E-state index contributed by atoms with van der Waals surface area (Å²) in [4.78, 5) is 26.7. The molecule has 27 heavy (non-hydrogen) atoms. The summed E-state index contributed by atoms with van der Waals surface area (Å²) in [5, 5.41) is 7.23. The number of pyridine rings is 1. The lowest BCUT2D eigenvalue weighted by atomic mass is 9.92. The molecule has 8 heteroatoms. The predicted molar refractivity (Wildman–Crippen MR) is 102 cm³/mol. The summed E-state index contributed by atoms with van der Waals surface area (Å²) in [6.07, 6.45) is 8.05. The Bertz CT molecular complexity index is 956. The first-order valence-electron chi connectivity index (χ1n) is 9.03. The van der Waals surface area contributed by atoms with Gasteiger partial charge in [-0.05, 0) is 48.8 Å². The number of nitrogens with one attached hydrogen (secondary N) is 1. The topological polar surface area (TPSA) is 93.6 Å². The van der Waals surface area contributed by atoms with Gasteiger partial charge in [-0.3, -0.25) is 9.78 Å². The highest BCUT2D eigenvalue weighted by Crippen LogP contribution is 2.30. The zero-order chi connectivity index (χ0) is 18.8. The number of fused-ring (bicyclic) bond motifs is 1. The van der Waals surface area contributed by atoms with Crippen LogP contribution in [0.5, 0.6) is 0 Å². The number of nitrogens with zero attached hydrogens (tertiary/aromatic N) is 5. The van der Waals surface area contributed by atoms with Crippen LogP contribution >= 0.6 is 11.5 Å². The van der Waals surface area contributed by atoms with Crippen molar-refractivity contribution in [3.8, 4) is 11.4 Å². The van der Waals surface area contributed by atoms with Crippen LogP contribution in [0, 0.1) is 0 Å². The lowest BCUT2D eigenvalue weighted by molar-refractivity contribution is 0.0935. The van der Waals surface area contributed by atoms with Gasteiger partial charge in [0.2, 0.25) is 0 Å². The number of amides is 1. The van der Waals surface area contributed by atoms with Gasteiger partial charge in [0.05, 0.1) is 11.7 Å². The molecule has 1 atom stereocenters. The summed E-state index contributed by atoms with van der Waals surface area (Å²) in [7, 11) is 0. The number of aromatic nitrogens is 5. The van der Waals surface area contributed by atoms with E-state index in [0.717, 1.165) is 53.3 Å². The molecule has 1 N–H and O–H groups in total. The highest BCUT2D eigenvalue weighted by Gasteiger charge is 2.27. The van der Waals surface area contributed by atoms with Crippen molar-refractivity contribution in [1.29, 1.82) is 0 Å². The highest BCUT2D eigenvalue weighted by atomic mass is 32.1. The molecule has 0 fully saturated rings. The van der Waals surface area contributed by atoms with Gasteiger partial charge in [-0.1, -0.05) is 18.3 Å². The molecule has 0 saturated heterocycles. The summed E-state index contributed by atoms with van der Waals surface area (Å²) in [6, 6.07) is 3.73. The first kappa shape index (κ1) is 17.7. The molecule has 7 nitrogen and oxygen atoms in total. The van der Waals surface area contributed by atoms with Gasteiger partial charge in [-0.15, -0.1) is 5.10 Å². The summed E-state index contributed by atoms with van der Waals surface area (Å²) in [6.45, 7) is 4.02. The fraction of sp³-hybridized carbons (Fsp3) is 0.368. The summed E-state index contributed by atoms with van der Waals surface area (Å²) in [5.74, 6) is 0.707. The van der Waals surface area contributed by atoms with E-state index in [1.807, 2.05) is 32.2 Å². The van der Waals surface area contributed by atoms with Crippen molar-refractivity contribution in [2.45, 2.75) is 45.1 Å². The lowest BCUT2D eigenvalue weighted by Crippen LogP contribution is -2.31. The van der Waals surface area contributed by atoms with Crippen LogP contribution in [0.25, 0.3) is 11.4 Å². The average molecular weight is 380 g/mol. The molecular formula is C19H20N6OS. The van der Waals surface area contributed by atoms with Crippen LogP contribution in [-0.2, 0) is 6.42 Å². The molecule has 4 rings (SSSR count). The molecule has 0 unspecified atom stereocenters. The average Bonchev–Trinajstić information content (AvgIpc) is 3.19. The van der Waals surface area contributed by atoms with Gasteiger partial charge in [0.1, 0.15) is 4.88 Å². The fourth-order valence-corrected chi connectivity index (χ4v) is 4.01. The molecule has 3 aromatic rings. The van der Waals surface area contributed by atoms with E-state index >= 15 is 0 Å². The number of carbonyl (C=O) groups excluding carboxylic acids is 1. The molecule has 1 aliphatic carbocycles. The van der Waals surface area contributed by atoms with Crippen LogP contribution in [0.3, 0.4) is 0 Å². The molecule has 0 bridgehead atoms. The van der Waals surface area contributed by atoms with Crippen molar-refractivity contribution >= 4 is 17.4 Å². The quantitative estimate of drug-likeness (QED) is 0.746. The van der Waals surface area contributed by atoms with Crippen molar-refractivity contribution in [2.24, 2.45) is 0 Å². The van der Waals surface area contributed by atoms with E-state index in [4.69, 9.17) is 4.98 Å². The second kappa shape index (κ2) is 7.48. The molecule has 3 aromatic heterocycles. The molecule has 3 heterocycles. The third-order valence-electron chi connectivity index (χ3n) is 4.67. The maximum absolute atomic E-state index is 12.8. The minimum atomic E-state index is -0.122. The Labute approximate surface area is 161 Å². The van der Waals surface area contributed by atoms with E-state index < -0.39 is 0 Å². The van der Waals surface area contributed by atoms with Gasteiger partial charge in [0.25, 0.3) is 5.91 Å². The summed E-state index contributed by atoms with van der Waals surface area (Å²) in [5.41, 5.74) is 3.62. The van der Waals surface area contributed by atoms with Crippen LogP contribution in [0.4, 0.5) is 0 Å². The standard InChI is InChI=1S/C19H20N6OS/c1-11(2)16-17(27-25-24-16)19(26)23-15-7-3-6-14-13(15)10-21-18(22-14)12-5-4-8-20-9-12/h4-5,8-11,15H,3,6-7H2,1-2H3,(H,23,26)/t15-/m0/s1. The van der Waals surface area contributed by atoms with Gasteiger partial charge < -0.3 is 5.32 Å². The summed E-state index contributed by atoms with van der Waals surface area (Å²) < 4.78 is 3.95. The second-order valence-corrected chi connectivity index (χ2v) is 7.65. The van der Waals surface area contributed by atoms with Crippen molar-refractivity contribution in [2.75, 3.05) is 0 Å². The van der Waals surface area contributed by atoms with Crippen LogP contribution in [0.2, 0.25) is 0 Å². The molecule has 0 aromatic carbocycles. The SMILES string of the molecule is CC(C)c1nnsc1C(=O)N[C@H]1CCCc2nc(-c3cccnc3)ncc21. The van der Waals surface area contributed by atoms with E-state index in [0.29, 0.717) is 10.7 Å². The Kier molecular flexibility index (Phi) is 4.89. The molecule has 0 saturated carbocycles. The fourth-order valence-electron chi connectivity index (χ4n) is 3.29. The van der Waals surface area contributed by atoms with Gasteiger partial charge in [-0.25, -0.2) is 9.97 Å². The van der Waals surface area contributed by atoms with Gasteiger partial charge >= 0.3 is 0 Å². The number of rotatable bonds is 4. The van der Waals surface area contributed by atoms with E-state index in [-0.39, 0.29) is 17.9 Å². The minimum Gasteiger partial charge on any atom is -0.344 e. The van der Waals surface area contributed by atoms with Crippen LogP contribution < -0.4 is 5.32 Å². The van der Waals surface area contributed by atoms with Crippen molar-refractivity contribution in [3.05, 3.63) is 52.6 Å². The van der Waals surface area contributed by atoms with Gasteiger partial charge in [0, 0.05) is 35.4 Å². The molecule has 1 aliphatic rings. The van der Waals surface area contributed by atoms with Crippen LogP contribution in [0.15, 0.2) is 30.7 Å². The Hall–Kier alpha value is -2.74. The Balaban J connectivity index is 1.58. The first-order chi connectivity index (χ1) is 13.1. The van der Waals surface area contributed by atoms with E-state index in [2.05, 4.69) is 24.9 Å². The maximum Gasteiger partial charge on any atom is 0.265 e. The third kappa shape index (κ3) is 3.57. The molecule has 0 aliphatic heterocycles. The van der Waals surface area contributed by atoms with Crippen molar-refractivity contribution in [1.82, 2.24) is 29.9 Å². The highest BCUT2D eigenvalue weighted by molar-refractivity contribution is 7.08. The number of aryl methyl sites for hydroxylation is 1. The van der Waals surface area contributed by atoms with Crippen molar-refractivity contribution < 1.29 is 4.79 Å². The smallest absolute Gasteiger partial charge is 0.265 e. The Morgan fingerprint density at radius 2 is 2.22 bits per heavy atom. The maximum atomic E-state index is 12.8. The normalized spacial score (nSPS) is 16.2. The zero-order valence-corrected chi connectivity index (χ0v) is 16.0. The Morgan fingerprint density at radius 1 is 1.33 bits per heavy atom. The van der Waals surface area contributed by atoms with E-state index in [1.54, 1.807) is 12.4 Å². The Morgan fingerprint density at radius 3 is 3.00 bits per heavy atom. The van der Waals surface area contributed by atoms with Crippen LogP contribution in [-0.4, -0.2) is 30.4 Å². The molecule has 0 radical (unpaired) electrons.